The molecule has 7 nitrogen and oxygen atoms in total. The van der Waals surface area contributed by atoms with E-state index < -0.39 is 31.3 Å². The van der Waals surface area contributed by atoms with Crippen LogP contribution in [0.15, 0.2) is 41.3 Å². The Morgan fingerprint density at radius 3 is 2.48 bits per heavy atom. The van der Waals surface area contributed by atoms with Gasteiger partial charge in [-0.15, -0.1) is 0 Å². The molecule has 0 heterocycles. The molecule has 0 saturated heterocycles. The Hall–Kier alpha value is -2.68. The second-order valence-corrected chi connectivity index (χ2v) is 6.31. The van der Waals surface area contributed by atoms with Gasteiger partial charge in [0.2, 0.25) is 0 Å². The van der Waals surface area contributed by atoms with Crippen LogP contribution in [-0.2, 0) is 10.0 Å². The first-order valence-corrected chi connectivity index (χ1v) is 7.84. The number of hydrogen-bond donors (Lipinski definition) is 1. The van der Waals surface area contributed by atoms with Gasteiger partial charge in [0, 0.05) is 0 Å². The topological polar surface area (TPSA) is 98.5 Å². The highest BCUT2D eigenvalue weighted by Gasteiger charge is 2.27. The van der Waals surface area contributed by atoms with Crippen LogP contribution in [0, 0.1) is 22.9 Å². The molecular weight excluding hydrogens is 327 g/mol. The van der Waals surface area contributed by atoms with Crippen LogP contribution >= 0.6 is 0 Å². The molecule has 0 amide bonds. The number of nitro groups is 1. The first-order valence-electron chi connectivity index (χ1n) is 6.36. The zero-order valence-electron chi connectivity index (χ0n) is 12.2. The minimum atomic E-state index is -4.22. The van der Waals surface area contributed by atoms with Crippen molar-refractivity contribution in [1.29, 1.82) is 0 Å². The van der Waals surface area contributed by atoms with E-state index in [0.717, 1.165) is 24.3 Å². The molecule has 0 fully saturated rings. The highest BCUT2D eigenvalue weighted by Crippen LogP contribution is 2.30. The molecule has 0 saturated carbocycles. The number of benzene rings is 2. The molecule has 2 aromatic rings. The van der Waals surface area contributed by atoms with Gasteiger partial charge in [0.1, 0.15) is 11.6 Å². The third kappa shape index (κ3) is 3.57. The molecule has 0 atom stereocenters. The van der Waals surface area contributed by atoms with E-state index in [1.165, 1.54) is 26.2 Å². The van der Waals surface area contributed by atoms with Crippen LogP contribution in [0.4, 0.5) is 15.8 Å². The van der Waals surface area contributed by atoms with Gasteiger partial charge in [0.05, 0.1) is 23.8 Å². The molecule has 0 aliphatic heterocycles. The number of nitrogens with zero attached hydrogens (tertiary/aromatic N) is 1. The molecule has 9 heteroatoms. The minimum absolute atomic E-state index is 0.136. The van der Waals surface area contributed by atoms with Gasteiger partial charge >= 0.3 is 0 Å². The van der Waals surface area contributed by atoms with Gasteiger partial charge in [-0.25, -0.2) is 12.8 Å². The summed E-state index contributed by atoms with van der Waals surface area (Å²) < 4.78 is 45.0. The summed E-state index contributed by atoms with van der Waals surface area (Å²) in [6.45, 7) is 1.52. The maximum atomic E-state index is 13.1. The summed E-state index contributed by atoms with van der Waals surface area (Å²) in [5.41, 5.74) is -0.127. The van der Waals surface area contributed by atoms with Gasteiger partial charge < -0.3 is 4.74 Å². The number of aryl methyl sites for hydroxylation is 1. The Morgan fingerprint density at radius 2 is 1.91 bits per heavy atom. The molecule has 0 radical (unpaired) electrons. The van der Waals surface area contributed by atoms with Crippen LogP contribution in [0.1, 0.15) is 5.56 Å². The van der Waals surface area contributed by atoms with Gasteiger partial charge in [-0.05, 0) is 42.8 Å². The molecule has 0 bridgehead atoms. The van der Waals surface area contributed by atoms with Crippen LogP contribution in [0.5, 0.6) is 5.75 Å². The Balaban J connectivity index is 2.49. The minimum Gasteiger partial charge on any atom is -0.497 e. The predicted molar refractivity (Wildman–Crippen MR) is 81.6 cm³/mol. The van der Waals surface area contributed by atoms with Crippen molar-refractivity contribution in [2.75, 3.05) is 11.8 Å². The van der Waals surface area contributed by atoms with E-state index in [1.54, 1.807) is 0 Å². The number of rotatable bonds is 5. The summed E-state index contributed by atoms with van der Waals surface area (Å²) in [4.78, 5) is 9.79. The summed E-state index contributed by atoms with van der Waals surface area (Å²) in [5.74, 6) is -0.352. The SMILES string of the molecule is COc1ccc(S(=O)(=O)Nc2ccc(F)cc2C)c([N+](=O)[O-])c1. The zero-order chi connectivity index (χ0) is 17.2. The molecule has 122 valence electrons. The number of hydrogen-bond acceptors (Lipinski definition) is 5. The average Bonchev–Trinajstić information content (AvgIpc) is 2.49. The van der Waals surface area contributed by atoms with E-state index >= 15 is 0 Å². The fourth-order valence-electron chi connectivity index (χ4n) is 1.94. The second kappa shape index (κ2) is 6.21. The quantitative estimate of drug-likeness (QED) is 0.666. The maximum absolute atomic E-state index is 13.1. The van der Waals surface area contributed by atoms with Crippen molar-refractivity contribution < 1.29 is 22.5 Å². The largest absolute Gasteiger partial charge is 0.497 e. The molecule has 0 aromatic heterocycles. The van der Waals surface area contributed by atoms with Crippen LogP contribution < -0.4 is 9.46 Å². The summed E-state index contributed by atoms with van der Waals surface area (Å²) >= 11 is 0. The lowest BCUT2D eigenvalue weighted by atomic mass is 10.2. The van der Waals surface area contributed by atoms with E-state index in [1.807, 2.05) is 0 Å². The van der Waals surface area contributed by atoms with Crippen LogP contribution in [0.25, 0.3) is 0 Å². The lowest BCUT2D eigenvalue weighted by Gasteiger charge is -2.11. The Kier molecular flexibility index (Phi) is 4.50. The number of halogens is 1. The first kappa shape index (κ1) is 16.7. The number of nitrogens with one attached hydrogen (secondary N) is 1. The van der Waals surface area contributed by atoms with Gasteiger partial charge in [0.25, 0.3) is 15.7 Å². The predicted octanol–water partition coefficient (Wildman–Crippen LogP) is 2.85. The number of nitro benzene ring substituents is 1. The Morgan fingerprint density at radius 1 is 1.22 bits per heavy atom. The third-order valence-electron chi connectivity index (χ3n) is 3.09. The highest BCUT2D eigenvalue weighted by atomic mass is 32.2. The van der Waals surface area contributed by atoms with Crippen LogP contribution in [0.3, 0.4) is 0 Å². The summed E-state index contributed by atoms with van der Waals surface area (Å²) in [6, 6.07) is 6.90. The van der Waals surface area contributed by atoms with Crippen molar-refractivity contribution in [3.8, 4) is 5.75 Å². The molecule has 1 N–H and O–H groups in total. The lowest BCUT2D eigenvalue weighted by molar-refractivity contribution is -0.387. The molecule has 0 aliphatic carbocycles. The van der Waals surface area contributed by atoms with Gasteiger partial charge in [0.15, 0.2) is 4.90 Å². The standard InChI is InChI=1S/C14H13FN2O5S/c1-9-7-10(15)3-5-12(9)16-23(20,21)14-6-4-11(22-2)8-13(14)17(18)19/h3-8,16H,1-2H3. The summed E-state index contributed by atoms with van der Waals surface area (Å²) in [7, 11) is -2.91. The number of ether oxygens (including phenoxy) is 1. The van der Waals surface area contributed by atoms with E-state index in [0.29, 0.717) is 5.56 Å². The first-order chi connectivity index (χ1) is 10.7. The smallest absolute Gasteiger partial charge is 0.293 e. The molecular formula is C14H13FN2O5S. The summed E-state index contributed by atoms with van der Waals surface area (Å²) in [5, 5.41) is 11.1. The average molecular weight is 340 g/mol. The second-order valence-electron chi connectivity index (χ2n) is 4.66. The van der Waals surface area contributed by atoms with Crippen molar-refractivity contribution in [3.05, 3.63) is 57.9 Å². The van der Waals surface area contributed by atoms with Crippen LogP contribution in [0.2, 0.25) is 0 Å². The number of sulfonamides is 1. The van der Waals surface area contributed by atoms with E-state index in [2.05, 4.69) is 4.72 Å². The molecule has 0 unspecified atom stereocenters. The van der Waals surface area contributed by atoms with Crippen molar-refractivity contribution in [2.24, 2.45) is 0 Å². The van der Waals surface area contributed by atoms with E-state index in [9.17, 15) is 22.9 Å². The van der Waals surface area contributed by atoms with Crippen molar-refractivity contribution in [2.45, 2.75) is 11.8 Å². The van der Waals surface area contributed by atoms with Crippen molar-refractivity contribution in [3.63, 3.8) is 0 Å². The summed E-state index contributed by atoms with van der Waals surface area (Å²) in [6.07, 6.45) is 0. The van der Waals surface area contributed by atoms with Gasteiger partial charge in [-0.3, -0.25) is 14.8 Å². The molecule has 0 spiro atoms. The maximum Gasteiger partial charge on any atom is 0.293 e. The van der Waals surface area contributed by atoms with Crippen molar-refractivity contribution in [1.82, 2.24) is 0 Å². The number of methoxy groups -OCH3 is 1. The lowest BCUT2D eigenvalue weighted by Crippen LogP contribution is -2.15. The van der Waals surface area contributed by atoms with Gasteiger partial charge in [-0.1, -0.05) is 0 Å². The molecule has 0 aliphatic rings. The number of anilines is 1. The third-order valence-corrected chi connectivity index (χ3v) is 4.50. The fraction of sp³-hybridized carbons (Fsp3) is 0.143. The Bertz CT molecular complexity index is 867. The van der Waals surface area contributed by atoms with Gasteiger partial charge in [-0.2, -0.15) is 0 Å². The van der Waals surface area contributed by atoms with Crippen molar-refractivity contribution >= 4 is 21.4 Å². The van der Waals surface area contributed by atoms with E-state index in [4.69, 9.17) is 4.74 Å². The monoisotopic (exact) mass is 340 g/mol. The molecule has 2 aromatic carbocycles. The normalized spacial score (nSPS) is 11.1. The fourth-order valence-corrected chi connectivity index (χ4v) is 3.22. The van der Waals surface area contributed by atoms with Crippen LogP contribution in [-0.4, -0.2) is 20.5 Å². The Labute approximate surface area is 131 Å². The molecule has 2 rings (SSSR count). The highest BCUT2D eigenvalue weighted by molar-refractivity contribution is 7.92. The molecule has 23 heavy (non-hydrogen) atoms. The zero-order valence-corrected chi connectivity index (χ0v) is 13.1. The van der Waals surface area contributed by atoms with E-state index in [-0.39, 0.29) is 11.4 Å².